The summed E-state index contributed by atoms with van der Waals surface area (Å²) in [5.41, 5.74) is 2.74. The van der Waals surface area contributed by atoms with E-state index in [1.165, 1.54) is 13.8 Å². The van der Waals surface area contributed by atoms with Gasteiger partial charge in [0.25, 0.3) is 5.91 Å². The normalized spacial score (nSPS) is 10.3. The zero-order valence-electron chi connectivity index (χ0n) is 9.35. The van der Waals surface area contributed by atoms with Crippen molar-refractivity contribution in [2.75, 3.05) is 0 Å². The summed E-state index contributed by atoms with van der Waals surface area (Å²) in [5, 5.41) is 8.71. The number of amides is 2. The van der Waals surface area contributed by atoms with E-state index < -0.39 is 11.8 Å². The Morgan fingerprint density at radius 3 is 2.29 bits per heavy atom. The average Bonchev–Trinajstić information content (AvgIpc) is 2.25. The van der Waals surface area contributed by atoms with Crippen molar-refractivity contribution in [3.8, 4) is 0 Å². The average molecular weight is 255 g/mol. The maximum absolute atomic E-state index is 11.1. The molecule has 17 heavy (non-hydrogen) atoms. The van der Waals surface area contributed by atoms with Gasteiger partial charge in [-0.15, -0.1) is 10.2 Å². The lowest BCUT2D eigenvalue weighted by molar-refractivity contribution is -0.139. The van der Waals surface area contributed by atoms with Gasteiger partial charge < -0.3 is 0 Å². The fourth-order valence-electron chi connectivity index (χ4n) is 0.917. The molecule has 0 fully saturated rings. The topological polar surface area (TPSA) is 74.1 Å². The van der Waals surface area contributed by atoms with Crippen molar-refractivity contribution in [2.24, 2.45) is 10.3 Å². The van der Waals surface area contributed by atoms with Crippen LogP contribution in [-0.4, -0.2) is 16.9 Å². The fraction of sp³-hybridized carbons (Fsp3) is 0.200. The molecular weight excluding hydrogens is 244 g/mol. The summed E-state index contributed by atoms with van der Waals surface area (Å²) in [5.74, 6) is -0.854. The molecule has 6 nitrogen and oxygen atoms in total. The standard InChI is InChI=1S/C10H11ClN4O2/c1-7(16)13-15(8(2)17)14-12-10-5-3-9(11)4-6-10/h3-6H,1-2H3,(H,13,16). The van der Waals surface area contributed by atoms with Gasteiger partial charge in [0.1, 0.15) is 0 Å². The first kappa shape index (κ1) is 13.1. The Morgan fingerprint density at radius 2 is 1.82 bits per heavy atom. The number of nitrogens with zero attached hydrogens (tertiary/aromatic N) is 3. The van der Waals surface area contributed by atoms with E-state index in [-0.39, 0.29) is 0 Å². The second kappa shape index (κ2) is 5.95. The third-order valence-corrected chi connectivity index (χ3v) is 1.89. The quantitative estimate of drug-likeness (QED) is 0.649. The van der Waals surface area contributed by atoms with Crippen LogP contribution in [0.4, 0.5) is 5.69 Å². The molecule has 0 unspecified atom stereocenters. The number of hydrazine groups is 1. The summed E-state index contributed by atoms with van der Waals surface area (Å²) in [6.07, 6.45) is 0. The summed E-state index contributed by atoms with van der Waals surface area (Å²) in [7, 11) is 0. The van der Waals surface area contributed by atoms with Crippen LogP contribution < -0.4 is 5.43 Å². The lowest BCUT2D eigenvalue weighted by Crippen LogP contribution is -2.39. The van der Waals surface area contributed by atoms with E-state index in [2.05, 4.69) is 15.8 Å². The second-order valence-electron chi connectivity index (χ2n) is 3.16. The minimum Gasteiger partial charge on any atom is -0.274 e. The Morgan fingerprint density at radius 1 is 1.24 bits per heavy atom. The van der Waals surface area contributed by atoms with Crippen LogP contribution in [0.2, 0.25) is 5.02 Å². The number of carbonyl (C=O) groups excluding carboxylic acids is 2. The zero-order chi connectivity index (χ0) is 12.8. The van der Waals surface area contributed by atoms with Crippen LogP contribution in [0.1, 0.15) is 13.8 Å². The number of carbonyl (C=O) groups is 2. The molecule has 1 aromatic carbocycles. The lowest BCUT2D eigenvalue weighted by Gasteiger charge is -2.12. The van der Waals surface area contributed by atoms with Gasteiger partial charge in [-0.25, -0.2) is 5.43 Å². The highest BCUT2D eigenvalue weighted by Gasteiger charge is 2.08. The Bertz CT molecular complexity index is 444. The third-order valence-electron chi connectivity index (χ3n) is 1.64. The summed E-state index contributed by atoms with van der Waals surface area (Å²) in [4.78, 5) is 21.9. The summed E-state index contributed by atoms with van der Waals surface area (Å²) in [6, 6.07) is 6.56. The van der Waals surface area contributed by atoms with Crippen molar-refractivity contribution < 1.29 is 9.59 Å². The Kier molecular flexibility index (Phi) is 4.59. The molecule has 1 aromatic rings. The Labute approximate surface area is 103 Å². The molecule has 0 saturated carbocycles. The number of nitrogens with one attached hydrogen (secondary N) is 1. The number of halogens is 1. The molecule has 0 saturated heterocycles. The van der Waals surface area contributed by atoms with Gasteiger partial charge in [-0.05, 0) is 29.5 Å². The van der Waals surface area contributed by atoms with Crippen molar-refractivity contribution in [1.82, 2.24) is 10.5 Å². The molecule has 0 atom stereocenters. The molecule has 1 rings (SSSR count). The van der Waals surface area contributed by atoms with Gasteiger partial charge in [-0.1, -0.05) is 11.6 Å². The van der Waals surface area contributed by atoms with E-state index in [1.54, 1.807) is 24.3 Å². The number of rotatable bonds is 2. The molecule has 1 N–H and O–H groups in total. The van der Waals surface area contributed by atoms with E-state index in [0.29, 0.717) is 10.7 Å². The molecule has 0 spiro atoms. The molecular formula is C10H11ClN4O2. The minimum atomic E-state index is -0.446. The van der Waals surface area contributed by atoms with Crippen LogP contribution in [0.3, 0.4) is 0 Å². The maximum Gasteiger partial charge on any atom is 0.261 e. The van der Waals surface area contributed by atoms with E-state index in [1.807, 2.05) is 0 Å². The predicted molar refractivity (Wildman–Crippen MR) is 62.3 cm³/mol. The number of hydrogen-bond donors (Lipinski definition) is 1. The molecule has 0 bridgehead atoms. The van der Waals surface area contributed by atoms with Crippen molar-refractivity contribution >= 4 is 29.1 Å². The van der Waals surface area contributed by atoms with E-state index in [4.69, 9.17) is 11.6 Å². The van der Waals surface area contributed by atoms with Gasteiger partial charge in [0, 0.05) is 18.9 Å². The predicted octanol–water partition coefficient (Wildman–Crippen LogP) is 2.24. The van der Waals surface area contributed by atoms with Crippen molar-refractivity contribution in [2.45, 2.75) is 13.8 Å². The van der Waals surface area contributed by atoms with Gasteiger partial charge in [0.05, 0.1) is 5.69 Å². The molecule has 2 amide bonds. The van der Waals surface area contributed by atoms with Gasteiger partial charge >= 0.3 is 0 Å². The molecule has 0 aliphatic rings. The molecule has 0 radical (unpaired) electrons. The highest BCUT2D eigenvalue weighted by atomic mass is 35.5. The van der Waals surface area contributed by atoms with Gasteiger partial charge in [0.2, 0.25) is 5.91 Å². The van der Waals surface area contributed by atoms with Gasteiger partial charge in [-0.3, -0.25) is 9.59 Å². The molecule has 7 heteroatoms. The fourth-order valence-corrected chi connectivity index (χ4v) is 1.04. The molecule has 90 valence electrons. The largest absolute Gasteiger partial charge is 0.274 e. The Hall–Kier alpha value is -1.95. The van der Waals surface area contributed by atoms with Crippen molar-refractivity contribution in [1.29, 1.82) is 0 Å². The molecule has 0 aromatic heterocycles. The van der Waals surface area contributed by atoms with Crippen LogP contribution in [0.5, 0.6) is 0 Å². The van der Waals surface area contributed by atoms with Crippen LogP contribution in [0.25, 0.3) is 0 Å². The SMILES string of the molecule is CC(=O)NN(N=Nc1ccc(Cl)cc1)C(C)=O. The smallest absolute Gasteiger partial charge is 0.261 e. The maximum atomic E-state index is 11.1. The first-order chi connectivity index (χ1) is 7.99. The van der Waals surface area contributed by atoms with E-state index in [9.17, 15) is 9.59 Å². The van der Waals surface area contributed by atoms with Gasteiger partial charge in [-0.2, -0.15) is 0 Å². The summed E-state index contributed by atoms with van der Waals surface area (Å²) >= 11 is 5.70. The van der Waals surface area contributed by atoms with Crippen molar-refractivity contribution in [3.63, 3.8) is 0 Å². The molecule has 0 aliphatic heterocycles. The first-order valence-electron chi connectivity index (χ1n) is 4.74. The van der Waals surface area contributed by atoms with Crippen LogP contribution >= 0.6 is 11.6 Å². The van der Waals surface area contributed by atoms with Gasteiger partial charge in [0.15, 0.2) is 0 Å². The van der Waals surface area contributed by atoms with Crippen LogP contribution in [-0.2, 0) is 9.59 Å². The van der Waals surface area contributed by atoms with E-state index >= 15 is 0 Å². The first-order valence-corrected chi connectivity index (χ1v) is 5.12. The van der Waals surface area contributed by atoms with E-state index in [0.717, 1.165) is 5.12 Å². The lowest BCUT2D eigenvalue weighted by atomic mass is 10.3. The monoisotopic (exact) mass is 254 g/mol. The third kappa shape index (κ3) is 4.60. The highest BCUT2D eigenvalue weighted by Crippen LogP contribution is 2.16. The minimum absolute atomic E-state index is 0.407. The number of hydrogen-bond acceptors (Lipinski definition) is 4. The summed E-state index contributed by atoms with van der Waals surface area (Å²) < 4.78 is 0. The van der Waals surface area contributed by atoms with Crippen LogP contribution in [0, 0.1) is 0 Å². The number of benzene rings is 1. The zero-order valence-corrected chi connectivity index (χ0v) is 10.1. The summed E-state index contributed by atoms with van der Waals surface area (Å²) in [6.45, 7) is 2.53. The second-order valence-corrected chi connectivity index (χ2v) is 3.60. The molecule has 0 heterocycles. The van der Waals surface area contributed by atoms with Crippen LogP contribution in [0.15, 0.2) is 34.6 Å². The van der Waals surface area contributed by atoms with Crippen molar-refractivity contribution in [3.05, 3.63) is 29.3 Å². The Balaban J connectivity index is 2.75. The molecule has 0 aliphatic carbocycles. The highest BCUT2D eigenvalue weighted by molar-refractivity contribution is 6.30.